The van der Waals surface area contributed by atoms with E-state index in [-0.39, 0.29) is 37.1 Å². The van der Waals surface area contributed by atoms with Gasteiger partial charge >= 0.3 is 0 Å². The van der Waals surface area contributed by atoms with Crippen molar-refractivity contribution in [2.45, 2.75) is 31.8 Å². The van der Waals surface area contributed by atoms with Crippen LogP contribution in [0.1, 0.15) is 29.0 Å². The highest BCUT2D eigenvalue weighted by Gasteiger charge is 2.30. The number of aliphatic hydroxyl groups is 1. The number of carbonyl (C=O) groups excluding carboxylic acids is 1. The minimum absolute atomic E-state index is 0.0314. The van der Waals surface area contributed by atoms with E-state index in [9.17, 15) is 20.0 Å². The summed E-state index contributed by atoms with van der Waals surface area (Å²) in [6.45, 7) is 0.857. The number of nitrogens with zero attached hydrogens (tertiary/aromatic N) is 2. The number of fused-ring (bicyclic) bond motifs is 1. The van der Waals surface area contributed by atoms with Crippen LogP contribution < -0.4 is 10.6 Å². The number of benzene rings is 2. The first-order valence-electron chi connectivity index (χ1n) is 12.8. The van der Waals surface area contributed by atoms with Crippen LogP contribution in [0.2, 0.25) is 0 Å². The van der Waals surface area contributed by atoms with Crippen LogP contribution in [0.5, 0.6) is 0 Å². The number of hydrogen-bond donors (Lipinski definition) is 3. The molecule has 2 aromatic heterocycles. The lowest BCUT2D eigenvalue weighted by atomic mass is 9.92. The molecule has 11 heteroatoms. The highest BCUT2D eigenvalue weighted by molar-refractivity contribution is 5.92. The maximum atomic E-state index is 13.1. The molecule has 1 amide bonds. The van der Waals surface area contributed by atoms with Gasteiger partial charge in [-0.05, 0) is 29.3 Å². The maximum absolute atomic E-state index is 13.1. The Labute approximate surface area is 229 Å². The van der Waals surface area contributed by atoms with Crippen LogP contribution in [0.4, 0.5) is 11.5 Å². The molecule has 206 valence electrons. The molecule has 0 saturated carbocycles. The Morgan fingerprint density at radius 1 is 1.10 bits per heavy atom. The number of ether oxygens (including phenoxy) is 2. The Morgan fingerprint density at radius 3 is 2.65 bits per heavy atom. The van der Waals surface area contributed by atoms with Crippen molar-refractivity contribution in [3.05, 3.63) is 112 Å². The Morgan fingerprint density at radius 2 is 1.90 bits per heavy atom. The molecule has 11 nitrogen and oxygen atoms in total. The summed E-state index contributed by atoms with van der Waals surface area (Å²) < 4.78 is 17.8. The number of furan rings is 1. The molecule has 0 bridgehead atoms. The zero-order chi connectivity index (χ0) is 27.9. The normalized spacial score (nSPS) is 16.7. The summed E-state index contributed by atoms with van der Waals surface area (Å²) >= 11 is 0. The minimum Gasteiger partial charge on any atom is -0.464 e. The molecule has 2 aromatic carbocycles. The van der Waals surface area contributed by atoms with Crippen molar-refractivity contribution < 1.29 is 28.7 Å². The van der Waals surface area contributed by atoms with E-state index in [0.29, 0.717) is 18.8 Å². The average molecular weight is 545 g/mol. The molecule has 1 aliphatic rings. The fourth-order valence-electron chi connectivity index (χ4n) is 4.40. The smallest absolute Gasteiger partial charge is 0.287 e. The van der Waals surface area contributed by atoms with Gasteiger partial charge in [0, 0.05) is 42.4 Å². The number of pyridine rings is 1. The van der Waals surface area contributed by atoms with E-state index in [2.05, 4.69) is 15.6 Å². The van der Waals surface area contributed by atoms with Crippen LogP contribution in [-0.4, -0.2) is 40.3 Å². The standard InChI is InChI=1S/C29H28N4O7/c34-16-19-5-7-20(8-6-19)17-39-28-14-21(24-18-38-25-4-2-1-3-23(24)25)13-26(40-28)29(35)31-12-11-30-27-10-9-22(15-32-27)33(36)37/h1-10,13,15,18,21,28,34H,11-12,14,16-17H2,(H,30,32)(H,31,35). The SMILES string of the molecule is O=C(NCCNc1ccc([N+](=O)[O-])cn1)C1=CC(c2coc3ccccc23)CC(OCc2ccc(CO)cc2)O1. The average Bonchev–Trinajstić information content (AvgIpc) is 3.43. The van der Waals surface area contributed by atoms with Gasteiger partial charge in [-0.25, -0.2) is 4.98 Å². The number of allylic oxidation sites excluding steroid dienone is 1. The molecule has 0 fully saturated rings. The number of carbonyl (C=O) groups is 1. The van der Waals surface area contributed by atoms with E-state index in [1.165, 1.54) is 18.3 Å². The lowest BCUT2D eigenvalue weighted by molar-refractivity contribution is -0.385. The zero-order valence-electron chi connectivity index (χ0n) is 21.5. The number of amides is 1. The molecule has 40 heavy (non-hydrogen) atoms. The summed E-state index contributed by atoms with van der Waals surface area (Å²) in [6, 6.07) is 18.0. The van der Waals surface area contributed by atoms with Crippen molar-refractivity contribution in [2.24, 2.45) is 0 Å². The van der Waals surface area contributed by atoms with Gasteiger partial charge in [0.15, 0.2) is 5.76 Å². The van der Waals surface area contributed by atoms with Crippen molar-refractivity contribution >= 4 is 28.4 Å². The van der Waals surface area contributed by atoms with E-state index in [1.807, 2.05) is 48.5 Å². The Bertz CT molecular complexity index is 1500. The quantitative estimate of drug-likeness (QED) is 0.142. The molecular formula is C29H28N4O7. The van der Waals surface area contributed by atoms with Gasteiger partial charge in [-0.3, -0.25) is 14.9 Å². The highest BCUT2D eigenvalue weighted by atomic mass is 16.7. The fourth-order valence-corrected chi connectivity index (χ4v) is 4.40. The summed E-state index contributed by atoms with van der Waals surface area (Å²) in [6.07, 6.45) is 4.47. The van der Waals surface area contributed by atoms with E-state index in [1.54, 1.807) is 12.3 Å². The maximum Gasteiger partial charge on any atom is 0.287 e. The third-order valence-electron chi connectivity index (χ3n) is 6.51. The van der Waals surface area contributed by atoms with Crippen molar-refractivity contribution in [3.8, 4) is 0 Å². The van der Waals surface area contributed by atoms with Crippen LogP contribution >= 0.6 is 0 Å². The van der Waals surface area contributed by atoms with Gasteiger partial charge in [0.25, 0.3) is 11.6 Å². The van der Waals surface area contributed by atoms with E-state index >= 15 is 0 Å². The van der Waals surface area contributed by atoms with Crippen LogP contribution in [0.3, 0.4) is 0 Å². The molecule has 2 unspecified atom stereocenters. The topological polar surface area (TPSA) is 149 Å². The third-order valence-corrected chi connectivity index (χ3v) is 6.51. The van der Waals surface area contributed by atoms with Gasteiger partial charge in [-0.2, -0.15) is 0 Å². The van der Waals surface area contributed by atoms with Gasteiger partial charge in [-0.15, -0.1) is 0 Å². The molecule has 0 saturated heterocycles. The molecule has 0 radical (unpaired) electrons. The summed E-state index contributed by atoms with van der Waals surface area (Å²) in [7, 11) is 0. The van der Waals surface area contributed by atoms with E-state index in [0.717, 1.165) is 27.7 Å². The highest BCUT2D eigenvalue weighted by Crippen LogP contribution is 2.36. The molecular weight excluding hydrogens is 516 g/mol. The monoisotopic (exact) mass is 544 g/mol. The van der Waals surface area contributed by atoms with Gasteiger partial charge in [-0.1, -0.05) is 42.5 Å². The second-order valence-corrected chi connectivity index (χ2v) is 9.23. The number of aromatic nitrogens is 1. The first kappa shape index (κ1) is 26.9. The first-order valence-corrected chi connectivity index (χ1v) is 12.8. The number of para-hydroxylation sites is 1. The van der Waals surface area contributed by atoms with E-state index in [4.69, 9.17) is 13.9 Å². The Hall–Kier alpha value is -4.74. The second-order valence-electron chi connectivity index (χ2n) is 9.23. The number of rotatable bonds is 11. The first-order chi connectivity index (χ1) is 19.5. The number of nitrogens with one attached hydrogen (secondary N) is 2. The predicted octanol–water partition coefficient (Wildman–Crippen LogP) is 4.39. The summed E-state index contributed by atoms with van der Waals surface area (Å²) in [5.74, 6) is 0.0372. The summed E-state index contributed by atoms with van der Waals surface area (Å²) in [5.41, 5.74) is 3.33. The van der Waals surface area contributed by atoms with Crippen molar-refractivity contribution in [1.29, 1.82) is 0 Å². The Balaban J connectivity index is 1.24. The molecule has 2 atom stereocenters. The fraction of sp³-hybridized carbons (Fsp3) is 0.241. The molecule has 4 aromatic rings. The summed E-state index contributed by atoms with van der Waals surface area (Å²) in [4.78, 5) is 27.3. The third kappa shape index (κ3) is 6.45. The lowest BCUT2D eigenvalue weighted by Gasteiger charge is -2.29. The number of aliphatic hydroxyl groups excluding tert-OH is 1. The largest absolute Gasteiger partial charge is 0.464 e. The van der Waals surface area contributed by atoms with Crippen molar-refractivity contribution in [2.75, 3.05) is 18.4 Å². The van der Waals surface area contributed by atoms with Crippen LogP contribution in [0, 0.1) is 10.1 Å². The molecule has 5 rings (SSSR count). The van der Waals surface area contributed by atoms with Gasteiger partial charge in [0.2, 0.25) is 6.29 Å². The van der Waals surface area contributed by atoms with Crippen molar-refractivity contribution in [1.82, 2.24) is 10.3 Å². The lowest BCUT2D eigenvalue weighted by Crippen LogP contribution is -2.35. The van der Waals surface area contributed by atoms with Crippen molar-refractivity contribution in [3.63, 3.8) is 0 Å². The summed E-state index contributed by atoms with van der Waals surface area (Å²) in [5, 5.41) is 26.9. The van der Waals surface area contributed by atoms with Crippen LogP contribution in [-0.2, 0) is 27.5 Å². The zero-order valence-corrected chi connectivity index (χ0v) is 21.5. The minimum atomic E-state index is -0.677. The molecule has 1 aliphatic heterocycles. The van der Waals surface area contributed by atoms with Gasteiger partial charge in [0.05, 0.1) is 24.4 Å². The number of nitro groups is 1. The van der Waals surface area contributed by atoms with Gasteiger partial charge < -0.3 is 29.6 Å². The second kappa shape index (κ2) is 12.4. The Kier molecular flexibility index (Phi) is 8.33. The van der Waals surface area contributed by atoms with E-state index < -0.39 is 17.1 Å². The van der Waals surface area contributed by atoms with Gasteiger partial charge in [0.1, 0.15) is 17.6 Å². The molecule has 0 aliphatic carbocycles. The molecule has 3 heterocycles. The van der Waals surface area contributed by atoms with Crippen LogP contribution in [0.25, 0.3) is 11.0 Å². The van der Waals surface area contributed by atoms with Crippen LogP contribution in [0.15, 0.2) is 89.4 Å². The molecule has 0 spiro atoms. The predicted molar refractivity (Wildman–Crippen MR) is 146 cm³/mol. The number of hydrogen-bond acceptors (Lipinski definition) is 9. The molecule has 3 N–H and O–H groups in total. The number of anilines is 1.